The van der Waals surface area contributed by atoms with Crippen LogP contribution in [0.1, 0.15) is 5.56 Å². The van der Waals surface area contributed by atoms with Crippen LogP contribution in [0.3, 0.4) is 0 Å². The van der Waals surface area contributed by atoms with Crippen molar-refractivity contribution in [2.75, 3.05) is 14.2 Å². The van der Waals surface area contributed by atoms with Crippen molar-refractivity contribution in [3.05, 3.63) is 23.8 Å². The Hall–Kier alpha value is -1.39. The molecule has 0 saturated heterocycles. The summed E-state index contributed by atoms with van der Waals surface area (Å²) in [4.78, 5) is 0. The molecule has 0 saturated carbocycles. The maximum absolute atomic E-state index is 12.3. The fourth-order valence-electron chi connectivity index (χ4n) is 0.961. The van der Waals surface area contributed by atoms with E-state index in [9.17, 15) is 13.2 Å². The molecule has 77 valence electrons. The first-order chi connectivity index (χ1) is 6.49. The lowest BCUT2D eigenvalue weighted by Gasteiger charge is -2.12. The molecular weight excluding hydrogens is 197 g/mol. The van der Waals surface area contributed by atoms with Gasteiger partial charge in [-0.3, -0.25) is 0 Å². The van der Waals surface area contributed by atoms with Gasteiger partial charge in [-0.25, -0.2) is 0 Å². The van der Waals surface area contributed by atoms with Crippen LogP contribution in [0, 0.1) is 6.07 Å². The van der Waals surface area contributed by atoms with E-state index in [1.807, 2.05) is 0 Å². The number of benzene rings is 1. The average molecular weight is 205 g/mol. The second-order valence-electron chi connectivity index (χ2n) is 2.48. The lowest BCUT2D eigenvalue weighted by atomic mass is 10.2. The quantitative estimate of drug-likeness (QED) is 0.738. The lowest BCUT2D eigenvalue weighted by molar-refractivity contribution is -0.138. The summed E-state index contributed by atoms with van der Waals surface area (Å²) in [5, 5.41) is 0. The van der Waals surface area contributed by atoms with E-state index in [4.69, 9.17) is 4.74 Å². The normalized spacial score (nSPS) is 11.2. The van der Waals surface area contributed by atoms with E-state index >= 15 is 0 Å². The molecule has 14 heavy (non-hydrogen) atoms. The number of halogens is 3. The van der Waals surface area contributed by atoms with Crippen LogP contribution in [0.25, 0.3) is 0 Å². The third kappa shape index (κ3) is 2.10. The molecule has 0 bridgehead atoms. The summed E-state index contributed by atoms with van der Waals surface area (Å²) in [5.74, 6) is -0.0667. The molecule has 1 aromatic carbocycles. The number of alkyl halides is 3. The second kappa shape index (κ2) is 3.77. The molecule has 0 fully saturated rings. The lowest BCUT2D eigenvalue weighted by Crippen LogP contribution is -2.07. The number of rotatable bonds is 2. The molecule has 0 unspecified atom stereocenters. The van der Waals surface area contributed by atoms with Crippen LogP contribution in [0.5, 0.6) is 11.5 Å². The van der Waals surface area contributed by atoms with Crippen LogP contribution >= 0.6 is 0 Å². The van der Waals surface area contributed by atoms with Gasteiger partial charge < -0.3 is 9.47 Å². The Balaban J connectivity index is 3.18. The SMILES string of the molecule is COc1[c]cc(C(F)(F)F)c(OC)c1. The number of hydrogen-bond donors (Lipinski definition) is 0. The van der Waals surface area contributed by atoms with E-state index in [0.29, 0.717) is 0 Å². The van der Waals surface area contributed by atoms with Gasteiger partial charge in [-0.15, -0.1) is 0 Å². The van der Waals surface area contributed by atoms with Gasteiger partial charge in [0.2, 0.25) is 0 Å². The predicted octanol–water partition coefficient (Wildman–Crippen LogP) is 2.52. The minimum atomic E-state index is -4.44. The number of methoxy groups -OCH3 is 2. The molecule has 0 aliphatic carbocycles. The molecule has 0 N–H and O–H groups in total. The van der Waals surface area contributed by atoms with E-state index in [1.54, 1.807) is 0 Å². The molecule has 2 nitrogen and oxygen atoms in total. The molecule has 1 radical (unpaired) electrons. The number of ether oxygens (including phenoxy) is 2. The van der Waals surface area contributed by atoms with Crippen molar-refractivity contribution >= 4 is 0 Å². The first-order valence-corrected chi connectivity index (χ1v) is 3.70. The smallest absolute Gasteiger partial charge is 0.419 e. The van der Waals surface area contributed by atoms with Gasteiger partial charge in [-0.05, 0) is 6.07 Å². The molecule has 0 aromatic heterocycles. The van der Waals surface area contributed by atoms with E-state index < -0.39 is 11.7 Å². The van der Waals surface area contributed by atoms with E-state index in [1.165, 1.54) is 14.2 Å². The zero-order chi connectivity index (χ0) is 10.8. The fraction of sp³-hybridized carbons (Fsp3) is 0.333. The molecule has 0 atom stereocenters. The molecule has 0 aliphatic rings. The van der Waals surface area contributed by atoms with E-state index in [2.05, 4.69) is 10.8 Å². The molecular formula is C9H8F3O2. The first-order valence-electron chi connectivity index (χ1n) is 3.70. The summed E-state index contributed by atoms with van der Waals surface area (Å²) in [6.07, 6.45) is -4.44. The van der Waals surface area contributed by atoms with Gasteiger partial charge in [0.05, 0.1) is 19.8 Å². The minimum absolute atomic E-state index is 0.204. The highest BCUT2D eigenvalue weighted by molar-refractivity contribution is 5.41. The molecule has 0 aliphatic heterocycles. The van der Waals surface area contributed by atoms with Crippen LogP contribution in [0.2, 0.25) is 0 Å². The van der Waals surface area contributed by atoms with Crippen molar-refractivity contribution in [3.63, 3.8) is 0 Å². The Morgan fingerprint density at radius 1 is 1.21 bits per heavy atom. The van der Waals surface area contributed by atoms with E-state index in [-0.39, 0.29) is 11.5 Å². The summed E-state index contributed by atoms with van der Waals surface area (Å²) in [7, 11) is 2.52. The molecule has 1 aromatic rings. The highest BCUT2D eigenvalue weighted by Crippen LogP contribution is 2.37. The molecule has 0 heterocycles. The summed E-state index contributed by atoms with van der Waals surface area (Å²) in [5.41, 5.74) is -0.860. The first kappa shape index (κ1) is 10.7. The largest absolute Gasteiger partial charge is 0.496 e. The van der Waals surface area contributed by atoms with Gasteiger partial charge in [0, 0.05) is 12.1 Å². The van der Waals surface area contributed by atoms with Crippen LogP contribution < -0.4 is 9.47 Å². The van der Waals surface area contributed by atoms with Gasteiger partial charge in [0.25, 0.3) is 0 Å². The van der Waals surface area contributed by atoms with Crippen molar-refractivity contribution in [2.24, 2.45) is 0 Å². The second-order valence-corrected chi connectivity index (χ2v) is 2.48. The van der Waals surface area contributed by atoms with Gasteiger partial charge in [0.15, 0.2) is 0 Å². The zero-order valence-electron chi connectivity index (χ0n) is 7.61. The third-order valence-corrected chi connectivity index (χ3v) is 1.63. The topological polar surface area (TPSA) is 18.5 Å². The third-order valence-electron chi connectivity index (χ3n) is 1.63. The molecule has 1 rings (SSSR count). The Morgan fingerprint density at radius 3 is 2.29 bits per heavy atom. The van der Waals surface area contributed by atoms with Crippen LogP contribution in [0.15, 0.2) is 12.1 Å². The van der Waals surface area contributed by atoms with Gasteiger partial charge in [0.1, 0.15) is 11.5 Å². The Kier molecular flexibility index (Phi) is 2.88. The average Bonchev–Trinajstić information content (AvgIpc) is 2.15. The monoisotopic (exact) mass is 205 g/mol. The highest BCUT2D eigenvalue weighted by atomic mass is 19.4. The number of hydrogen-bond acceptors (Lipinski definition) is 2. The van der Waals surface area contributed by atoms with Gasteiger partial charge in [-0.2, -0.15) is 13.2 Å². The fourth-order valence-corrected chi connectivity index (χ4v) is 0.961. The standard InChI is InChI=1S/C9H8F3O2/c1-13-6-3-4-7(9(10,11)12)8(5-6)14-2/h4-5H,1-2H3. The van der Waals surface area contributed by atoms with Crippen molar-refractivity contribution < 1.29 is 22.6 Å². The van der Waals surface area contributed by atoms with Crippen molar-refractivity contribution in [1.29, 1.82) is 0 Å². The highest BCUT2D eigenvalue weighted by Gasteiger charge is 2.34. The molecule has 0 amide bonds. The van der Waals surface area contributed by atoms with Crippen LogP contribution in [-0.4, -0.2) is 14.2 Å². The van der Waals surface area contributed by atoms with Crippen molar-refractivity contribution in [2.45, 2.75) is 6.18 Å². The van der Waals surface area contributed by atoms with Crippen molar-refractivity contribution in [3.8, 4) is 11.5 Å². The van der Waals surface area contributed by atoms with Crippen LogP contribution in [-0.2, 0) is 6.18 Å². The van der Waals surface area contributed by atoms with E-state index in [0.717, 1.165) is 12.1 Å². The summed E-state index contributed by atoms with van der Waals surface area (Å²) in [6.45, 7) is 0. The Bertz CT molecular complexity index is 320. The Labute approximate surface area is 79.2 Å². The van der Waals surface area contributed by atoms with Gasteiger partial charge in [-0.1, -0.05) is 0 Å². The maximum Gasteiger partial charge on any atom is 0.419 e. The summed E-state index contributed by atoms with van der Waals surface area (Å²) in [6, 6.07) is 4.29. The summed E-state index contributed by atoms with van der Waals surface area (Å²) < 4.78 is 46.3. The minimum Gasteiger partial charge on any atom is -0.496 e. The maximum atomic E-state index is 12.3. The summed E-state index contributed by atoms with van der Waals surface area (Å²) >= 11 is 0. The molecule has 5 heteroatoms. The van der Waals surface area contributed by atoms with Crippen LogP contribution in [0.4, 0.5) is 13.2 Å². The van der Waals surface area contributed by atoms with Crippen molar-refractivity contribution in [1.82, 2.24) is 0 Å². The molecule has 0 spiro atoms. The Morgan fingerprint density at radius 2 is 1.86 bits per heavy atom. The van der Waals surface area contributed by atoms with Gasteiger partial charge >= 0.3 is 6.18 Å². The predicted molar refractivity (Wildman–Crippen MR) is 43.4 cm³/mol. The zero-order valence-corrected chi connectivity index (χ0v) is 7.61.